The van der Waals surface area contributed by atoms with Crippen LogP contribution in [0.3, 0.4) is 0 Å². The lowest BCUT2D eigenvalue weighted by Crippen LogP contribution is -2.27. The van der Waals surface area contributed by atoms with Crippen molar-refractivity contribution in [1.29, 1.82) is 0 Å². The van der Waals surface area contributed by atoms with Gasteiger partial charge < -0.3 is 4.74 Å². The summed E-state index contributed by atoms with van der Waals surface area (Å²) < 4.78 is 5.33. The first kappa shape index (κ1) is 8.05. The lowest BCUT2D eigenvalue weighted by molar-refractivity contribution is -0.126. The third-order valence-corrected chi connectivity index (χ3v) is 1.57. The zero-order valence-electron chi connectivity index (χ0n) is 7.05. The molecule has 0 atom stereocenters. The summed E-state index contributed by atoms with van der Waals surface area (Å²) in [5, 5.41) is 0. The van der Waals surface area contributed by atoms with Crippen molar-refractivity contribution in [3.63, 3.8) is 0 Å². The molecule has 0 radical (unpaired) electrons. The number of hydrogen-bond acceptors (Lipinski definition) is 2. The number of ether oxygens (including phenoxy) is 1. The van der Waals surface area contributed by atoms with E-state index in [1.54, 1.807) is 19.9 Å². The molecule has 0 saturated carbocycles. The Kier molecular flexibility index (Phi) is 1.85. The maximum absolute atomic E-state index is 11.1. The lowest BCUT2D eigenvalue weighted by atomic mass is 10.1. The molecule has 0 spiro atoms. The van der Waals surface area contributed by atoms with Gasteiger partial charge in [-0.25, -0.2) is 0 Å². The van der Waals surface area contributed by atoms with Crippen molar-refractivity contribution >= 4 is 5.78 Å². The molecule has 2 heteroatoms. The molecule has 1 rings (SSSR count). The molecular formula is C9H12O2. The number of ketones is 1. The quantitative estimate of drug-likeness (QED) is 0.573. The number of carbonyl (C=O) groups excluding carboxylic acids is 1. The minimum absolute atomic E-state index is 0.0330. The molecule has 1 aliphatic heterocycles. The van der Waals surface area contributed by atoms with Gasteiger partial charge in [0.15, 0.2) is 5.60 Å². The largest absolute Gasteiger partial charge is 0.480 e. The average molecular weight is 152 g/mol. The second-order valence-corrected chi connectivity index (χ2v) is 3.02. The number of hydrogen-bond donors (Lipinski definition) is 0. The fraction of sp³-hybridized carbons (Fsp3) is 0.444. The maximum atomic E-state index is 11.1. The Balaban J connectivity index is 2.79. The number of allylic oxidation sites excluding steroid dienone is 2. The summed E-state index contributed by atoms with van der Waals surface area (Å²) in [4.78, 5) is 11.1. The monoisotopic (exact) mass is 152 g/mol. The van der Waals surface area contributed by atoms with Gasteiger partial charge in [0.25, 0.3) is 0 Å². The average Bonchev–Trinajstić information content (AvgIpc) is 2.08. The van der Waals surface area contributed by atoms with Gasteiger partial charge in [-0.15, -0.1) is 0 Å². The zero-order chi connectivity index (χ0) is 8.48. The molecule has 1 heterocycles. The van der Waals surface area contributed by atoms with E-state index in [2.05, 4.69) is 0 Å². The second-order valence-electron chi connectivity index (χ2n) is 3.02. The molecule has 11 heavy (non-hydrogen) atoms. The number of carbonyl (C=O) groups is 1. The second kappa shape index (κ2) is 2.53. The van der Waals surface area contributed by atoms with E-state index in [0.717, 1.165) is 0 Å². The van der Waals surface area contributed by atoms with Crippen LogP contribution in [0.25, 0.3) is 0 Å². The highest BCUT2D eigenvalue weighted by Crippen LogP contribution is 2.24. The van der Waals surface area contributed by atoms with E-state index in [-0.39, 0.29) is 5.78 Å². The van der Waals surface area contributed by atoms with Crippen molar-refractivity contribution in [3.8, 4) is 0 Å². The van der Waals surface area contributed by atoms with Crippen LogP contribution in [0, 0.1) is 0 Å². The van der Waals surface area contributed by atoms with Gasteiger partial charge in [0.2, 0.25) is 5.78 Å². The lowest BCUT2D eigenvalue weighted by Gasteiger charge is -2.16. The van der Waals surface area contributed by atoms with Crippen LogP contribution in [0.4, 0.5) is 0 Å². The Labute approximate surface area is 66.5 Å². The van der Waals surface area contributed by atoms with Gasteiger partial charge in [0.05, 0.1) is 0 Å². The van der Waals surface area contributed by atoms with Crippen LogP contribution < -0.4 is 0 Å². The summed E-state index contributed by atoms with van der Waals surface area (Å²) in [5.41, 5.74) is -0.658. The van der Waals surface area contributed by atoms with Crippen molar-refractivity contribution in [3.05, 3.63) is 24.0 Å². The first-order valence-electron chi connectivity index (χ1n) is 3.64. The Bertz CT molecular complexity index is 234. The summed E-state index contributed by atoms with van der Waals surface area (Å²) >= 11 is 0. The SMILES string of the molecule is C/C=C\C1=CC(=O)C(C)(C)O1. The minimum atomic E-state index is -0.658. The smallest absolute Gasteiger partial charge is 0.202 e. The first-order chi connectivity index (χ1) is 5.06. The summed E-state index contributed by atoms with van der Waals surface area (Å²) in [6.07, 6.45) is 5.16. The van der Waals surface area contributed by atoms with Crippen LogP contribution in [-0.4, -0.2) is 11.4 Å². The van der Waals surface area contributed by atoms with E-state index in [0.29, 0.717) is 5.76 Å². The molecule has 0 aromatic rings. The predicted octanol–water partition coefficient (Wildman–Crippen LogP) is 1.82. The first-order valence-corrected chi connectivity index (χ1v) is 3.64. The van der Waals surface area contributed by atoms with Gasteiger partial charge in [-0.1, -0.05) is 6.08 Å². The zero-order valence-corrected chi connectivity index (χ0v) is 7.05. The van der Waals surface area contributed by atoms with Crippen molar-refractivity contribution in [1.82, 2.24) is 0 Å². The molecule has 0 fully saturated rings. The molecule has 2 nitrogen and oxygen atoms in total. The van der Waals surface area contributed by atoms with E-state index in [1.807, 2.05) is 13.0 Å². The molecule has 0 saturated heterocycles. The molecular weight excluding hydrogens is 140 g/mol. The van der Waals surface area contributed by atoms with Crippen LogP contribution >= 0.6 is 0 Å². The normalized spacial score (nSPS) is 22.1. The van der Waals surface area contributed by atoms with Gasteiger partial charge >= 0.3 is 0 Å². The summed E-state index contributed by atoms with van der Waals surface area (Å²) in [6, 6.07) is 0. The van der Waals surface area contributed by atoms with Crippen LogP contribution in [0.1, 0.15) is 20.8 Å². The Morgan fingerprint density at radius 2 is 2.18 bits per heavy atom. The van der Waals surface area contributed by atoms with Crippen molar-refractivity contribution in [2.75, 3.05) is 0 Å². The molecule has 0 aromatic carbocycles. The summed E-state index contributed by atoms with van der Waals surface area (Å²) in [7, 11) is 0. The summed E-state index contributed by atoms with van der Waals surface area (Å²) in [5.74, 6) is 0.688. The van der Waals surface area contributed by atoms with Gasteiger partial charge in [-0.05, 0) is 26.8 Å². The maximum Gasteiger partial charge on any atom is 0.202 e. The van der Waals surface area contributed by atoms with Gasteiger partial charge in [0, 0.05) is 6.08 Å². The third kappa shape index (κ3) is 1.50. The Morgan fingerprint density at radius 3 is 2.55 bits per heavy atom. The fourth-order valence-corrected chi connectivity index (χ4v) is 0.924. The minimum Gasteiger partial charge on any atom is -0.480 e. The number of rotatable bonds is 1. The van der Waals surface area contributed by atoms with E-state index in [9.17, 15) is 4.79 Å². The molecule has 0 unspecified atom stereocenters. The molecule has 0 aliphatic carbocycles. The van der Waals surface area contributed by atoms with E-state index in [1.165, 1.54) is 6.08 Å². The summed E-state index contributed by atoms with van der Waals surface area (Å²) in [6.45, 7) is 5.42. The molecule has 0 amide bonds. The van der Waals surface area contributed by atoms with Gasteiger partial charge in [-0.2, -0.15) is 0 Å². The van der Waals surface area contributed by atoms with Gasteiger partial charge in [0.1, 0.15) is 5.76 Å². The van der Waals surface area contributed by atoms with E-state index >= 15 is 0 Å². The standard InChI is InChI=1S/C9H12O2/c1-4-5-7-6-8(10)9(2,3)11-7/h4-6H,1-3H3/b5-4-. The molecule has 0 aromatic heterocycles. The van der Waals surface area contributed by atoms with Gasteiger partial charge in [-0.3, -0.25) is 4.79 Å². The molecule has 0 bridgehead atoms. The van der Waals surface area contributed by atoms with Crippen molar-refractivity contribution < 1.29 is 9.53 Å². The highest BCUT2D eigenvalue weighted by molar-refractivity contribution is 5.99. The Hall–Kier alpha value is -1.05. The topological polar surface area (TPSA) is 26.3 Å². The van der Waals surface area contributed by atoms with Crippen molar-refractivity contribution in [2.24, 2.45) is 0 Å². The van der Waals surface area contributed by atoms with E-state index < -0.39 is 5.60 Å². The van der Waals surface area contributed by atoms with E-state index in [4.69, 9.17) is 4.74 Å². The third-order valence-electron chi connectivity index (χ3n) is 1.57. The van der Waals surface area contributed by atoms with Crippen molar-refractivity contribution in [2.45, 2.75) is 26.4 Å². The van der Waals surface area contributed by atoms with Crippen LogP contribution in [0.2, 0.25) is 0 Å². The highest BCUT2D eigenvalue weighted by Gasteiger charge is 2.33. The fourth-order valence-electron chi connectivity index (χ4n) is 0.924. The molecule has 60 valence electrons. The van der Waals surface area contributed by atoms with Crippen LogP contribution in [-0.2, 0) is 9.53 Å². The van der Waals surface area contributed by atoms with Crippen LogP contribution in [0.15, 0.2) is 24.0 Å². The Morgan fingerprint density at radius 1 is 1.55 bits per heavy atom. The predicted molar refractivity (Wildman–Crippen MR) is 43.1 cm³/mol. The highest BCUT2D eigenvalue weighted by atomic mass is 16.5. The molecule has 1 aliphatic rings. The molecule has 0 N–H and O–H groups in total. The van der Waals surface area contributed by atoms with Crippen LogP contribution in [0.5, 0.6) is 0 Å².